The molecule has 1 heterocycles. The Morgan fingerprint density at radius 3 is 2.64 bits per heavy atom. The summed E-state index contributed by atoms with van der Waals surface area (Å²) < 4.78 is 1.23. The van der Waals surface area contributed by atoms with Crippen LogP contribution in [0.3, 0.4) is 0 Å². The second kappa shape index (κ2) is 4.06. The average molecular weight is 298 g/mol. The molecule has 0 N–H and O–H groups in total. The summed E-state index contributed by atoms with van der Waals surface area (Å²) in [7, 11) is 0. The first-order valence-corrected chi connectivity index (χ1v) is 6.07. The molecule has 62 valence electrons. The number of alkyl halides is 1. The smallest absolute Gasteiger partial charge is 0.0487 e. The maximum absolute atomic E-state index is 3.62. The van der Waals surface area contributed by atoms with E-state index in [0.29, 0.717) is 4.83 Å². The molecule has 0 bridgehead atoms. The van der Waals surface area contributed by atoms with Crippen molar-refractivity contribution < 1.29 is 0 Å². The summed E-state index contributed by atoms with van der Waals surface area (Å²) in [6.07, 6.45) is 1.15. The van der Waals surface area contributed by atoms with Crippen molar-refractivity contribution in [1.29, 1.82) is 0 Å². The van der Waals surface area contributed by atoms with E-state index in [4.69, 9.17) is 0 Å². The van der Waals surface area contributed by atoms with E-state index in [1.165, 1.54) is 14.2 Å². The molecule has 0 aliphatic carbocycles. The SMILES string of the molecule is CCC(Br)c1cc(Br)c(C)s1. The van der Waals surface area contributed by atoms with Crippen LogP contribution in [0.1, 0.15) is 27.9 Å². The maximum Gasteiger partial charge on any atom is 0.0487 e. The Bertz CT molecular complexity index is 223. The third kappa shape index (κ3) is 2.30. The molecule has 0 nitrogen and oxygen atoms in total. The van der Waals surface area contributed by atoms with Crippen LogP contribution in [0.5, 0.6) is 0 Å². The Morgan fingerprint density at radius 1 is 1.64 bits per heavy atom. The van der Waals surface area contributed by atoms with Crippen molar-refractivity contribution >= 4 is 43.2 Å². The van der Waals surface area contributed by atoms with E-state index in [-0.39, 0.29) is 0 Å². The van der Waals surface area contributed by atoms with Gasteiger partial charge < -0.3 is 0 Å². The van der Waals surface area contributed by atoms with E-state index < -0.39 is 0 Å². The predicted octanol–water partition coefficient (Wildman–Crippen LogP) is 4.67. The van der Waals surface area contributed by atoms with E-state index >= 15 is 0 Å². The largest absolute Gasteiger partial charge is 0.143 e. The zero-order valence-corrected chi connectivity index (χ0v) is 10.5. The molecule has 3 heteroatoms. The van der Waals surface area contributed by atoms with Crippen molar-refractivity contribution in [3.8, 4) is 0 Å². The average Bonchev–Trinajstić information content (AvgIpc) is 2.31. The number of hydrogen-bond acceptors (Lipinski definition) is 1. The molecule has 0 fully saturated rings. The molecular weight excluding hydrogens is 288 g/mol. The van der Waals surface area contributed by atoms with E-state index in [1.807, 2.05) is 11.3 Å². The highest BCUT2D eigenvalue weighted by atomic mass is 79.9. The van der Waals surface area contributed by atoms with Crippen LogP contribution in [0.15, 0.2) is 10.5 Å². The summed E-state index contributed by atoms with van der Waals surface area (Å²) in [6.45, 7) is 4.32. The standard InChI is InChI=1S/C8H10Br2S/c1-3-6(9)8-4-7(10)5(2)11-8/h4,6H,3H2,1-2H3. The minimum Gasteiger partial charge on any atom is -0.143 e. The second-order valence-electron chi connectivity index (χ2n) is 2.43. The molecule has 0 aromatic carbocycles. The van der Waals surface area contributed by atoms with E-state index in [1.54, 1.807) is 0 Å². The number of hydrogen-bond donors (Lipinski definition) is 0. The molecule has 0 spiro atoms. The molecule has 0 aliphatic heterocycles. The first-order chi connectivity index (χ1) is 5.15. The lowest BCUT2D eigenvalue weighted by molar-refractivity contribution is 0.929. The fourth-order valence-electron chi connectivity index (χ4n) is 0.837. The van der Waals surface area contributed by atoms with Gasteiger partial charge in [0.1, 0.15) is 0 Å². The summed E-state index contributed by atoms with van der Waals surface area (Å²) in [5.74, 6) is 0. The molecule has 0 aliphatic rings. The molecule has 0 amide bonds. The Labute approximate surface area is 88.3 Å². The number of thiophene rings is 1. The third-order valence-corrected chi connectivity index (χ3v) is 5.24. The van der Waals surface area contributed by atoms with Crippen LogP contribution in [0.25, 0.3) is 0 Å². The molecule has 0 saturated heterocycles. The Morgan fingerprint density at radius 2 is 2.27 bits per heavy atom. The van der Waals surface area contributed by atoms with Gasteiger partial charge >= 0.3 is 0 Å². The van der Waals surface area contributed by atoms with Crippen LogP contribution < -0.4 is 0 Å². The Hall–Kier alpha value is 0.660. The maximum atomic E-state index is 3.62. The van der Waals surface area contributed by atoms with Crippen LogP contribution >= 0.6 is 43.2 Å². The van der Waals surface area contributed by atoms with Gasteiger partial charge in [-0.3, -0.25) is 0 Å². The Kier molecular flexibility index (Phi) is 3.59. The van der Waals surface area contributed by atoms with Crippen LogP contribution in [-0.4, -0.2) is 0 Å². The lowest BCUT2D eigenvalue weighted by Gasteiger charge is -2.00. The molecule has 0 saturated carbocycles. The quantitative estimate of drug-likeness (QED) is 0.696. The predicted molar refractivity (Wildman–Crippen MR) is 58.7 cm³/mol. The van der Waals surface area contributed by atoms with E-state index in [0.717, 1.165) is 6.42 Å². The molecule has 1 aromatic rings. The molecule has 1 rings (SSSR count). The second-order valence-corrected chi connectivity index (χ2v) is 5.68. The summed E-state index contributed by atoms with van der Waals surface area (Å²) >= 11 is 8.98. The van der Waals surface area contributed by atoms with E-state index in [2.05, 4.69) is 51.8 Å². The van der Waals surface area contributed by atoms with Gasteiger partial charge in [-0.25, -0.2) is 0 Å². The normalized spacial score (nSPS) is 13.5. The highest BCUT2D eigenvalue weighted by molar-refractivity contribution is 9.10. The van der Waals surface area contributed by atoms with Gasteiger partial charge in [-0.1, -0.05) is 22.9 Å². The number of aryl methyl sites for hydroxylation is 1. The van der Waals surface area contributed by atoms with Crippen LogP contribution in [0.4, 0.5) is 0 Å². The fourth-order valence-corrected chi connectivity index (χ4v) is 2.87. The van der Waals surface area contributed by atoms with Crippen molar-refractivity contribution in [1.82, 2.24) is 0 Å². The molecule has 0 radical (unpaired) electrons. The lowest BCUT2D eigenvalue weighted by Crippen LogP contribution is -1.79. The van der Waals surface area contributed by atoms with Gasteiger partial charge in [-0.15, -0.1) is 11.3 Å². The minimum atomic E-state index is 0.525. The van der Waals surface area contributed by atoms with Gasteiger partial charge in [0.25, 0.3) is 0 Å². The molecule has 11 heavy (non-hydrogen) atoms. The van der Waals surface area contributed by atoms with Crippen molar-refractivity contribution in [3.63, 3.8) is 0 Å². The summed E-state index contributed by atoms with van der Waals surface area (Å²) in [6, 6.07) is 2.20. The van der Waals surface area contributed by atoms with Gasteiger partial charge in [0.05, 0.1) is 0 Å². The van der Waals surface area contributed by atoms with Gasteiger partial charge in [0.2, 0.25) is 0 Å². The van der Waals surface area contributed by atoms with Crippen molar-refractivity contribution in [3.05, 3.63) is 20.3 Å². The topological polar surface area (TPSA) is 0 Å². The Balaban J connectivity index is 2.88. The van der Waals surface area contributed by atoms with Gasteiger partial charge in [0.15, 0.2) is 0 Å². The molecule has 1 unspecified atom stereocenters. The van der Waals surface area contributed by atoms with Gasteiger partial charge in [0, 0.05) is 19.1 Å². The number of halogens is 2. The van der Waals surface area contributed by atoms with Crippen molar-refractivity contribution in [2.24, 2.45) is 0 Å². The summed E-state index contributed by atoms with van der Waals surface area (Å²) in [5, 5.41) is 0. The van der Waals surface area contributed by atoms with E-state index in [9.17, 15) is 0 Å². The zero-order valence-electron chi connectivity index (χ0n) is 6.53. The van der Waals surface area contributed by atoms with Crippen molar-refractivity contribution in [2.75, 3.05) is 0 Å². The van der Waals surface area contributed by atoms with Crippen LogP contribution in [0.2, 0.25) is 0 Å². The first kappa shape index (κ1) is 9.75. The lowest BCUT2D eigenvalue weighted by atomic mass is 10.3. The van der Waals surface area contributed by atoms with Gasteiger partial charge in [-0.05, 0) is 35.3 Å². The van der Waals surface area contributed by atoms with Gasteiger partial charge in [-0.2, -0.15) is 0 Å². The minimum absolute atomic E-state index is 0.525. The van der Waals surface area contributed by atoms with Crippen LogP contribution in [0, 0.1) is 6.92 Å². The molecule has 1 aromatic heterocycles. The number of rotatable bonds is 2. The van der Waals surface area contributed by atoms with Crippen molar-refractivity contribution in [2.45, 2.75) is 25.1 Å². The summed E-state index contributed by atoms with van der Waals surface area (Å²) in [5.41, 5.74) is 0. The molecule has 1 atom stereocenters. The molecular formula is C8H10Br2S. The summed E-state index contributed by atoms with van der Waals surface area (Å²) in [4.78, 5) is 3.30. The fraction of sp³-hybridized carbons (Fsp3) is 0.500. The zero-order chi connectivity index (χ0) is 8.43. The monoisotopic (exact) mass is 296 g/mol. The third-order valence-electron chi connectivity index (χ3n) is 1.54. The van der Waals surface area contributed by atoms with Crippen LogP contribution in [-0.2, 0) is 0 Å². The highest BCUT2D eigenvalue weighted by Gasteiger charge is 2.09. The highest BCUT2D eigenvalue weighted by Crippen LogP contribution is 2.35. The first-order valence-electron chi connectivity index (χ1n) is 3.55.